The molecule has 8 heteroatoms. The lowest BCUT2D eigenvalue weighted by molar-refractivity contribution is 0.0696. The van der Waals surface area contributed by atoms with Crippen LogP contribution in [0, 0.1) is 0 Å². The number of rotatable bonds is 6. The highest BCUT2D eigenvalue weighted by atomic mass is 32.2. The van der Waals surface area contributed by atoms with Crippen LogP contribution in [0.15, 0.2) is 23.1 Å². The maximum atomic E-state index is 12.3. The number of hydrogen-bond acceptors (Lipinski definition) is 5. The molecule has 116 valence electrons. The van der Waals surface area contributed by atoms with E-state index in [-0.39, 0.29) is 16.2 Å². The van der Waals surface area contributed by atoms with Gasteiger partial charge in [-0.05, 0) is 36.8 Å². The number of ether oxygens (including phenoxy) is 1. The van der Waals surface area contributed by atoms with Crippen LogP contribution < -0.4 is 9.46 Å². The smallest absolute Gasteiger partial charge is 0.335 e. The monoisotopic (exact) mass is 331 g/mol. The molecule has 6 nitrogen and oxygen atoms in total. The molecule has 2 rings (SSSR count). The van der Waals surface area contributed by atoms with Crippen molar-refractivity contribution in [2.24, 2.45) is 0 Å². The Morgan fingerprint density at radius 2 is 2.29 bits per heavy atom. The maximum absolute atomic E-state index is 12.3. The summed E-state index contributed by atoms with van der Waals surface area (Å²) in [6.45, 7) is 0.372. The van der Waals surface area contributed by atoms with E-state index in [0.717, 1.165) is 18.6 Å². The molecule has 0 amide bonds. The van der Waals surface area contributed by atoms with E-state index in [0.29, 0.717) is 11.8 Å². The maximum Gasteiger partial charge on any atom is 0.335 e. The zero-order chi connectivity index (χ0) is 15.5. The van der Waals surface area contributed by atoms with Gasteiger partial charge in [0.05, 0.1) is 12.7 Å². The van der Waals surface area contributed by atoms with Crippen molar-refractivity contribution in [1.82, 2.24) is 4.72 Å². The molecule has 1 aromatic carbocycles. The number of methoxy groups -OCH3 is 1. The van der Waals surface area contributed by atoms with Crippen LogP contribution >= 0.6 is 11.8 Å². The Balaban J connectivity index is 2.20. The highest BCUT2D eigenvalue weighted by Crippen LogP contribution is 2.27. The average molecular weight is 331 g/mol. The van der Waals surface area contributed by atoms with Crippen LogP contribution in [0.2, 0.25) is 0 Å². The largest absolute Gasteiger partial charge is 0.495 e. The number of carboxylic acid groups (broad SMARTS) is 1. The van der Waals surface area contributed by atoms with Gasteiger partial charge in [-0.1, -0.05) is 0 Å². The summed E-state index contributed by atoms with van der Waals surface area (Å²) < 4.78 is 32.2. The van der Waals surface area contributed by atoms with Gasteiger partial charge in [-0.2, -0.15) is 11.8 Å². The van der Waals surface area contributed by atoms with Gasteiger partial charge >= 0.3 is 5.97 Å². The second kappa shape index (κ2) is 6.67. The third-order valence-electron chi connectivity index (χ3n) is 3.23. The van der Waals surface area contributed by atoms with Crippen LogP contribution in [0.4, 0.5) is 0 Å². The van der Waals surface area contributed by atoms with E-state index in [1.165, 1.54) is 25.3 Å². The highest BCUT2D eigenvalue weighted by molar-refractivity contribution is 8.00. The van der Waals surface area contributed by atoms with Gasteiger partial charge < -0.3 is 9.84 Å². The zero-order valence-corrected chi connectivity index (χ0v) is 13.2. The van der Waals surface area contributed by atoms with E-state index in [9.17, 15) is 13.2 Å². The Hall–Kier alpha value is -1.25. The Labute approximate surface area is 127 Å². The Morgan fingerprint density at radius 1 is 1.52 bits per heavy atom. The van der Waals surface area contributed by atoms with Crippen LogP contribution in [0.5, 0.6) is 5.75 Å². The lowest BCUT2D eigenvalue weighted by Gasteiger charge is -2.13. The fraction of sp³-hybridized carbons (Fsp3) is 0.462. The minimum Gasteiger partial charge on any atom is -0.495 e. The van der Waals surface area contributed by atoms with E-state index in [2.05, 4.69) is 4.72 Å². The third kappa shape index (κ3) is 3.90. The third-order valence-corrected chi connectivity index (χ3v) is 6.09. The lowest BCUT2D eigenvalue weighted by atomic mass is 10.2. The first-order valence-electron chi connectivity index (χ1n) is 6.46. The molecular formula is C13H17NO5S2. The number of thioether (sulfide) groups is 1. The van der Waals surface area contributed by atoms with Gasteiger partial charge in [0.15, 0.2) is 0 Å². The van der Waals surface area contributed by atoms with Crippen molar-refractivity contribution in [1.29, 1.82) is 0 Å². The molecule has 2 N–H and O–H groups in total. The first-order chi connectivity index (χ1) is 9.94. The molecule has 0 spiro atoms. The summed E-state index contributed by atoms with van der Waals surface area (Å²) in [7, 11) is -2.40. The van der Waals surface area contributed by atoms with Crippen molar-refractivity contribution >= 4 is 27.8 Å². The minimum atomic E-state index is -3.71. The van der Waals surface area contributed by atoms with E-state index < -0.39 is 16.0 Å². The molecule has 21 heavy (non-hydrogen) atoms. The Kier molecular flexibility index (Phi) is 5.13. The van der Waals surface area contributed by atoms with Gasteiger partial charge in [-0.3, -0.25) is 0 Å². The molecule has 0 saturated carbocycles. The summed E-state index contributed by atoms with van der Waals surface area (Å²) in [6, 6.07) is 3.72. The average Bonchev–Trinajstić information content (AvgIpc) is 2.97. The SMILES string of the molecule is COc1cc(C(=O)O)ccc1S(=O)(=O)NCC1CCCS1. The standard InChI is InChI=1S/C13H17NO5S2/c1-19-11-7-9(13(15)16)4-5-12(11)21(17,18)14-8-10-3-2-6-20-10/h4-5,7,10,14H,2-3,6,8H2,1H3,(H,15,16). The summed E-state index contributed by atoms with van der Waals surface area (Å²) in [6.07, 6.45) is 2.11. The molecule has 0 radical (unpaired) electrons. The van der Waals surface area contributed by atoms with Gasteiger partial charge in [0, 0.05) is 11.8 Å². The molecule has 0 aromatic heterocycles. The molecule has 1 atom stereocenters. The fourth-order valence-corrected chi connectivity index (χ4v) is 4.65. The predicted molar refractivity (Wildman–Crippen MR) is 80.6 cm³/mol. The molecule has 1 heterocycles. The second-order valence-corrected chi connectivity index (χ2v) is 7.80. The van der Waals surface area contributed by atoms with Crippen molar-refractivity contribution < 1.29 is 23.1 Å². The van der Waals surface area contributed by atoms with E-state index in [4.69, 9.17) is 9.84 Å². The topological polar surface area (TPSA) is 92.7 Å². The molecule has 1 aliphatic rings. The first kappa shape index (κ1) is 16.1. The van der Waals surface area contributed by atoms with Crippen molar-refractivity contribution in [2.45, 2.75) is 23.0 Å². The number of carboxylic acids is 1. The molecule has 0 bridgehead atoms. The van der Waals surface area contributed by atoms with Gasteiger partial charge in [0.1, 0.15) is 10.6 Å². The summed E-state index contributed by atoms with van der Waals surface area (Å²) in [5.74, 6) is -0.0442. The number of aromatic carboxylic acids is 1. The second-order valence-electron chi connectivity index (χ2n) is 4.66. The summed E-state index contributed by atoms with van der Waals surface area (Å²) in [5.41, 5.74) is -0.0165. The van der Waals surface area contributed by atoms with Crippen LogP contribution in [0.25, 0.3) is 0 Å². The first-order valence-corrected chi connectivity index (χ1v) is 9.00. The van der Waals surface area contributed by atoms with Gasteiger partial charge in [-0.25, -0.2) is 17.9 Å². The normalized spacial score (nSPS) is 18.6. The number of sulfonamides is 1. The number of benzene rings is 1. The number of hydrogen-bond donors (Lipinski definition) is 2. The number of carbonyl (C=O) groups is 1. The van der Waals surface area contributed by atoms with Crippen LogP contribution in [0.3, 0.4) is 0 Å². The Morgan fingerprint density at radius 3 is 2.86 bits per heavy atom. The molecule has 0 aliphatic carbocycles. The van der Waals surface area contributed by atoms with E-state index in [1.807, 2.05) is 0 Å². The molecular weight excluding hydrogens is 314 g/mol. The number of nitrogens with one attached hydrogen (secondary N) is 1. The van der Waals surface area contributed by atoms with Crippen molar-refractivity contribution in [3.05, 3.63) is 23.8 Å². The summed E-state index contributed by atoms with van der Waals surface area (Å²) in [5, 5.41) is 9.22. The van der Waals surface area contributed by atoms with Gasteiger partial charge in [0.2, 0.25) is 10.0 Å². The lowest BCUT2D eigenvalue weighted by Crippen LogP contribution is -2.30. The van der Waals surface area contributed by atoms with E-state index in [1.54, 1.807) is 11.8 Å². The van der Waals surface area contributed by atoms with Crippen LogP contribution in [-0.2, 0) is 10.0 Å². The molecule has 1 aromatic rings. The van der Waals surface area contributed by atoms with Gasteiger partial charge in [0.25, 0.3) is 0 Å². The van der Waals surface area contributed by atoms with Gasteiger partial charge in [-0.15, -0.1) is 0 Å². The Bertz CT molecular complexity index is 623. The van der Waals surface area contributed by atoms with Crippen LogP contribution in [-0.4, -0.2) is 44.2 Å². The quantitative estimate of drug-likeness (QED) is 0.822. The zero-order valence-electron chi connectivity index (χ0n) is 11.5. The van der Waals surface area contributed by atoms with Crippen molar-refractivity contribution in [3.8, 4) is 5.75 Å². The predicted octanol–water partition coefficient (Wildman–Crippen LogP) is 1.57. The summed E-state index contributed by atoms with van der Waals surface area (Å²) >= 11 is 1.76. The van der Waals surface area contributed by atoms with E-state index >= 15 is 0 Å². The minimum absolute atomic E-state index is 0.0165. The van der Waals surface area contributed by atoms with Crippen molar-refractivity contribution in [3.63, 3.8) is 0 Å². The van der Waals surface area contributed by atoms with Crippen LogP contribution in [0.1, 0.15) is 23.2 Å². The molecule has 1 saturated heterocycles. The molecule has 1 aliphatic heterocycles. The van der Waals surface area contributed by atoms with Crippen molar-refractivity contribution in [2.75, 3.05) is 19.4 Å². The summed E-state index contributed by atoms with van der Waals surface area (Å²) in [4.78, 5) is 10.9. The molecule has 1 unspecified atom stereocenters. The molecule has 1 fully saturated rings. The fourth-order valence-electron chi connectivity index (χ4n) is 2.11. The highest BCUT2D eigenvalue weighted by Gasteiger charge is 2.23.